The van der Waals surface area contributed by atoms with E-state index in [2.05, 4.69) is 0 Å². The van der Waals surface area contributed by atoms with Gasteiger partial charge in [0.25, 0.3) is 0 Å². The number of hydrogen-bond acceptors (Lipinski definition) is 2. The van der Waals surface area contributed by atoms with Gasteiger partial charge in [0.15, 0.2) is 5.78 Å². The molecule has 0 rings (SSSR count). The molecule has 0 radical (unpaired) electrons. The van der Waals surface area contributed by atoms with E-state index in [-0.39, 0.29) is 53.0 Å². The van der Waals surface area contributed by atoms with Gasteiger partial charge < -0.3 is 7.59 Å². The van der Waals surface area contributed by atoms with Gasteiger partial charge in [-0.15, -0.1) is 0 Å². The van der Waals surface area contributed by atoms with E-state index in [9.17, 15) is 4.79 Å². The Morgan fingerprint density at radius 3 is 2.38 bits per heavy atom. The largest absolute Gasteiger partial charge is 2.00 e. The van der Waals surface area contributed by atoms with E-state index < -0.39 is 0 Å². The van der Waals surface area contributed by atoms with Gasteiger partial charge in [-0.2, -0.15) is 0 Å². The van der Waals surface area contributed by atoms with Gasteiger partial charge in [-0.25, -0.2) is 0 Å². The molecule has 0 aliphatic heterocycles. The Bertz CT molecular complexity index is 70.7. The van der Waals surface area contributed by atoms with Gasteiger partial charge in [-0.1, -0.05) is 0 Å². The van der Waals surface area contributed by atoms with E-state index in [4.69, 9.17) is 4.74 Å². The Hall–Kier alpha value is 0.890. The molecule has 0 bridgehead atoms. The molecule has 0 aromatic rings. The Kier molecular flexibility index (Phi) is 11.5. The second kappa shape index (κ2) is 7.89. The van der Waals surface area contributed by atoms with Crippen LogP contribution >= 0.6 is 0 Å². The predicted molar refractivity (Wildman–Crippen MR) is 35.2 cm³/mol. The Balaban J connectivity index is -0.0000000600. The first-order valence-corrected chi connectivity index (χ1v) is 2.34. The van der Waals surface area contributed by atoms with Crippen molar-refractivity contribution in [3.63, 3.8) is 0 Å². The van der Waals surface area contributed by atoms with Crippen LogP contribution in [0.1, 0.15) is 16.7 Å². The smallest absolute Gasteiger partial charge is 1.00 e. The average molecular weight is 144 g/mol. The minimum atomic E-state index is 0. The summed E-state index contributed by atoms with van der Waals surface area (Å²) < 4.78 is 4.75. The summed E-state index contributed by atoms with van der Waals surface area (Å²) in [6, 6.07) is 0. The Morgan fingerprint density at radius 2 is 2.25 bits per heavy atom. The molecule has 0 amide bonds. The van der Waals surface area contributed by atoms with Crippen LogP contribution in [0.15, 0.2) is 0 Å². The zero-order valence-electron chi connectivity index (χ0n) is 7.44. The summed E-state index contributed by atoms with van der Waals surface area (Å²) >= 11 is 0. The molecule has 0 heterocycles. The first-order chi connectivity index (χ1) is 3.27. The molecule has 0 aliphatic rings. The van der Waals surface area contributed by atoms with Crippen molar-refractivity contribution in [2.75, 3.05) is 13.2 Å². The maximum absolute atomic E-state index is 10.1. The topological polar surface area (TPSA) is 26.3 Å². The molecule has 0 aromatic heterocycles. The van der Waals surface area contributed by atoms with Crippen LogP contribution in [0.5, 0.6) is 0 Å². The fourth-order valence-corrected chi connectivity index (χ4v) is 0.246. The zero-order valence-corrected chi connectivity index (χ0v) is 7.65. The van der Waals surface area contributed by atoms with Gasteiger partial charge in [0.05, 0.1) is 0 Å². The Morgan fingerprint density at radius 1 is 1.75 bits per heavy atom. The van der Waals surface area contributed by atoms with Crippen LogP contribution in [0, 0.1) is 0 Å². The van der Waals surface area contributed by atoms with Crippen LogP contribution in [0.25, 0.3) is 0 Å². The maximum atomic E-state index is 10.1. The molecule has 0 fully saturated rings. The monoisotopic (exact) mass is 144 g/mol. The second-order valence-corrected chi connectivity index (χ2v) is 1.34. The van der Waals surface area contributed by atoms with E-state index in [1.165, 1.54) is 6.92 Å². The first-order valence-electron chi connectivity index (χ1n) is 2.34. The van der Waals surface area contributed by atoms with E-state index >= 15 is 0 Å². The molecule has 3 heteroatoms. The summed E-state index contributed by atoms with van der Waals surface area (Å²) in [5.74, 6) is 0.0850. The minimum Gasteiger partial charge on any atom is -1.00 e. The molecule has 0 unspecified atom stereocenters. The summed E-state index contributed by atoms with van der Waals surface area (Å²) in [4.78, 5) is 10.1. The van der Waals surface area contributed by atoms with Crippen LogP contribution in [-0.2, 0) is 9.53 Å². The average Bonchev–Trinajstić information content (AvgIpc) is 1.61. The van der Waals surface area contributed by atoms with Gasteiger partial charge >= 0.3 is 37.7 Å². The van der Waals surface area contributed by atoms with Gasteiger partial charge in [-0.3, -0.25) is 4.79 Å². The number of ether oxygens (including phenoxy) is 1. The third kappa shape index (κ3) is 10.00. The fourth-order valence-electron chi connectivity index (χ4n) is 0.246. The standard InChI is InChI=1S/C5H10O2.Ca.2H/c1-3-7-4-5(2)6;;;/h3-4H2,1-2H3;;;/q;+2;2*-1. The number of rotatable bonds is 3. The molecule has 0 spiro atoms. The van der Waals surface area contributed by atoms with Crippen molar-refractivity contribution in [1.29, 1.82) is 0 Å². The number of carbonyl (C=O) groups excluding carboxylic acids is 1. The normalized spacial score (nSPS) is 7.75. The molecule has 0 aromatic carbocycles. The van der Waals surface area contributed by atoms with Gasteiger partial charge in [0, 0.05) is 6.61 Å². The minimum absolute atomic E-state index is 0. The van der Waals surface area contributed by atoms with Crippen molar-refractivity contribution >= 4 is 43.5 Å². The maximum Gasteiger partial charge on any atom is 2.00 e. The third-order valence-corrected chi connectivity index (χ3v) is 0.509. The quantitative estimate of drug-likeness (QED) is 0.538. The number of ketones is 1. The summed E-state index contributed by atoms with van der Waals surface area (Å²) in [5, 5.41) is 0. The number of carbonyl (C=O) groups is 1. The second-order valence-electron chi connectivity index (χ2n) is 1.34. The van der Waals surface area contributed by atoms with Crippen LogP contribution < -0.4 is 0 Å². The van der Waals surface area contributed by atoms with Crippen molar-refractivity contribution in [1.82, 2.24) is 0 Å². The SMILES string of the molecule is CCOCC(C)=O.[Ca+2].[H-].[H-]. The van der Waals surface area contributed by atoms with Crippen LogP contribution in [0.2, 0.25) is 0 Å². The van der Waals surface area contributed by atoms with Gasteiger partial charge in [0.1, 0.15) is 6.61 Å². The first kappa shape index (κ1) is 11.7. The molecular weight excluding hydrogens is 132 g/mol. The van der Waals surface area contributed by atoms with E-state index in [0.29, 0.717) is 6.61 Å². The Labute approximate surface area is 82.6 Å². The predicted octanol–water partition coefficient (Wildman–Crippen LogP) is 0.456. The molecule has 0 atom stereocenters. The van der Waals surface area contributed by atoms with Crippen molar-refractivity contribution in [3.05, 3.63) is 0 Å². The molecule has 0 saturated carbocycles. The molecular formula is C5H12CaO2. The summed E-state index contributed by atoms with van der Waals surface area (Å²) in [6.07, 6.45) is 0. The molecule has 0 N–H and O–H groups in total. The third-order valence-electron chi connectivity index (χ3n) is 0.509. The van der Waals surface area contributed by atoms with Crippen LogP contribution in [-0.4, -0.2) is 56.7 Å². The number of Topliss-reactive ketones (excluding diaryl/α,β-unsaturated/α-hetero) is 1. The molecule has 2 nitrogen and oxygen atoms in total. The van der Waals surface area contributed by atoms with E-state index in [0.717, 1.165) is 0 Å². The molecule has 0 aliphatic carbocycles. The van der Waals surface area contributed by atoms with Crippen molar-refractivity contribution < 1.29 is 12.4 Å². The van der Waals surface area contributed by atoms with Crippen molar-refractivity contribution in [3.8, 4) is 0 Å². The molecule has 8 heavy (non-hydrogen) atoms. The van der Waals surface area contributed by atoms with Crippen LogP contribution in [0.3, 0.4) is 0 Å². The van der Waals surface area contributed by atoms with E-state index in [1.807, 2.05) is 6.92 Å². The molecule has 46 valence electrons. The fraction of sp³-hybridized carbons (Fsp3) is 0.800. The van der Waals surface area contributed by atoms with E-state index in [1.54, 1.807) is 0 Å². The van der Waals surface area contributed by atoms with Crippen molar-refractivity contribution in [2.45, 2.75) is 13.8 Å². The van der Waals surface area contributed by atoms with Gasteiger partial charge in [-0.05, 0) is 13.8 Å². The van der Waals surface area contributed by atoms with Crippen LogP contribution in [0.4, 0.5) is 0 Å². The number of hydrogen-bond donors (Lipinski definition) is 0. The van der Waals surface area contributed by atoms with Crippen molar-refractivity contribution in [2.24, 2.45) is 0 Å². The molecule has 0 saturated heterocycles. The summed E-state index contributed by atoms with van der Waals surface area (Å²) in [5.41, 5.74) is 0. The summed E-state index contributed by atoms with van der Waals surface area (Å²) in [6.45, 7) is 4.26. The zero-order chi connectivity index (χ0) is 5.70. The summed E-state index contributed by atoms with van der Waals surface area (Å²) in [7, 11) is 0. The van der Waals surface area contributed by atoms with Gasteiger partial charge in [0.2, 0.25) is 0 Å².